The molecule has 0 fully saturated rings. The van der Waals surface area contributed by atoms with Gasteiger partial charge in [0.1, 0.15) is 0 Å². The van der Waals surface area contributed by atoms with Crippen LogP contribution in [0, 0.1) is 0 Å². The van der Waals surface area contributed by atoms with E-state index >= 15 is 0 Å². The monoisotopic (exact) mass is 226 g/mol. The third-order valence-corrected chi connectivity index (χ3v) is 3.22. The summed E-state index contributed by atoms with van der Waals surface area (Å²) < 4.78 is 0. The van der Waals surface area contributed by atoms with E-state index in [0.717, 1.165) is 17.7 Å². The lowest BCUT2D eigenvalue weighted by atomic mass is 9.90. The van der Waals surface area contributed by atoms with Gasteiger partial charge < -0.3 is 5.73 Å². The number of aromatic nitrogens is 3. The molecule has 3 rings (SSSR count). The summed E-state index contributed by atoms with van der Waals surface area (Å²) >= 11 is 0. The van der Waals surface area contributed by atoms with Crippen LogP contribution in [0.25, 0.3) is 11.3 Å². The first-order valence-corrected chi connectivity index (χ1v) is 5.90. The molecule has 4 heteroatoms. The fraction of sp³-hybridized carbons (Fsp3) is 0.308. The fourth-order valence-corrected chi connectivity index (χ4v) is 2.35. The maximum atomic E-state index is 5.55. The lowest BCUT2D eigenvalue weighted by Crippen LogP contribution is -2.03. The summed E-state index contributed by atoms with van der Waals surface area (Å²) in [5.41, 5.74) is 10.3. The van der Waals surface area contributed by atoms with E-state index in [2.05, 4.69) is 33.4 Å². The summed E-state index contributed by atoms with van der Waals surface area (Å²) in [7, 11) is 0. The molecule has 0 saturated heterocycles. The molecule has 4 nitrogen and oxygen atoms in total. The topological polar surface area (TPSA) is 64.7 Å². The maximum Gasteiger partial charge on any atom is 0.240 e. The molecule has 0 radical (unpaired) electrons. The Kier molecular flexibility index (Phi) is 2.48. The van der Waals surface area contributed by atoms with Crippen molar-refractivity contribution >= 4 is 5.95 Å². The summed E-state index contributed by atoms with van der Waals surface area (Å²) in [6.45, 7) is 0. The maximum absolute atomic E-state index is 5.55. The highest BCUT2D eigenvalue weighted by molar-refractivity contribution is 5.61. The van der Waals surface area contributed by atoms with Crippen molar-refractivity contribution in [2.45, 2.75) is 25.7 Å². The van der Waals surface area contributed by atoms with Gasteiger partial charge in [-0.25, -0.2) is 4.98 Å². The minimum Gasteiger partial charge on any atom is -0.366 e. The molecule has 86 valence electrons. The molecule has 0 atom stereocenters. The average Bonchev–Trinajstić information content (AvgIpc) is 2.38. The van der Waals surface area contributed by atoms with Crippen LogP contribution in [0.5, 0.6) is 0 Å². The van der Waals surface area contributed by atoms with Gasteiger partial charge in [-0.15, -0.1) is 5.10 Å². The standard InChI is InChI=1S/C13H14N4/c14-13-16-12(8-15-17-13)11-6-5-9-3-1-2-4-10(9)7-11/h5-8H,1-4H2,(H2,14,16,17). The van der Waals surface area contributed by atoms with Crippen molar-refractivity contribution in [2.24, 2.45) is 0 Å². The molecule has 1 aliphatic carbocycles. The van der Waals surface area contributed by atoms with E-state index in [-0.39, 0.29) is 5.95 Å². The summed E-state index contributed by atoms with van der Waals surface area (Å²) in [6.07, 6.45) is 6.59. The Hall–Kier alpha value is -1.97. The molecule has 0 unspecified atom stereocenters. The Balaban J connectivity index is 2.04. The van der Waals surface area contributed by atoms with Crippen LogP contribution in [0.15, 0.2) is 24.4 Å². The lowest BCUT2D eigenvalue weighted by Gasteiger charge is -2.16. The SMILES string of the molecule is Nc1nncc(-c2ccc3c(c2)CCCC3)n1. The average molecular weight is 226 g/mol. The molecule has 1 aromatic heterocycles. The molecule has 0 saturated carbocycles. The molecule has 2 aromatic rings. The molecule has 2 N–H and O–H groups in total. The minimum atomic E-state index is 0.222. The van der Waals surface area contributed by atoms with Gasteiger partial charge in [0.25, 0.3) is 0 Å². The highest BCUT2D eigenvalue weighted by Gasteiger charge is 2.10. The quantitative estimate of drug-likeness (QED) is 0.807. The van der Waals surface area contributed by atoms with Crippen molar-refractivity contribution in [3.8, 4) is 11.3 Å². The van der Waals surface area contributed by atoms with Gasteiger partial charge >= 0.3 is 0 Å². The second-order valence-electron chi connectivity index (χ2n) is 4.39. The molecule has 0 aliphatic heterocycles. The minimum absolute atomic E-state index is 0.222. The van der Waals surface area contributed by atoms with Gasteiger partial charge in [-0.1, -0.05) is 12.1 Å². The van der Waals surface area contributed by atoms with Gasteiger partial charge in [0.05, 0.1) is 11.9 Å². The van der Waals surface area contributed by atoms with Gasteiger partial charge in [0.15, 0.2) is 0 Å². The smallest absolute Gasteiger partial charge is 0.240 e. The van der Waals surface area contributed by atoms with E-state index in [1.807, 2.05) is 0 Å². The Labute approximate surface area is 99.9 Å². The Morgan fingerprint density at radius 3 is 2.71 bits per heavy atom. The van der Waals surface area contributed by atoms with E-state index in [4.69, 9.17) is 5.73 Å². The van der Waals surface area contributed by atoms with Gasteiger partial charge in [-0.05, 0) is 42.9 Å². The van der Waals surface area contributed by atoms with Gasteiger partial charge in [0, 0.05) is 5.56 Å². The van der Waals surface area contributed by atoms with Crippen molar-refractivity contribution in [3.05, 3.63) is 35.5 Å². The fourth-order valence-electron chi connectivity index (χ4n) is 2.35. The van der Waals surface area contributed by atoms with E-state index in [9.17, 15) is 0 Å². The number of hydrogen-bond donors (Lipinski definition) is 1. The van der Waals surface area contributed by atoms with Crippen LogP contribution in [-0.2, 0) is 12.8 Å². The number of nitrogens with zero attached hydrogens (tertiary/aromatic N) is 3. The number of hydrogen-bond acceptors (Lipinski definition) is 4. The molecule has 1 heterocycles. The molecule has 1 aliphatic rings. The van der Waals surface area contributed by atoms with Gasteiger partial charge in [-0.2, -0.15) is 5.10 Å². The second-order valence-corrected chi connectivity index (χ2v) is 4.39. The van der Waals surface area contributed by atoms with E-state index in [0.29, 0.717) is 0 Å². The van der Waals surface area contributed by atoms with Crippen LogP contribution in [0.1, 0.15) is 24.0 Å². The van der Waals surface area contributed by atoms with E-state index in [1.165, 1.54) is 30.4 Å². The first-order chi connectivity index (χ1) is 8.33. The van der Waals surface area contributed by atoms with Crippen molar-refractivity contribution < 1.29 is 0 Å². The summed E-state index contributed by atoms with van der Waals surface area (Å²) in [5.74, 6) is 0.222. The van der Waals surface area contributed by atoms with Crippen molar-refractivity contribution in [2.75, 3.05) is 5.73 Å². The van der Waals surface area contributed by atoms with E-state index in [1.54, 1.807) is 6.20 Å². The van der Waals surface area contributed by atoms with Gasteiger partial charge in [0.2, 0.25) is 5.95 Å². The Bertz CT molecular complexity index is 551. The van der Waals surface area contributed by atoms with Crippen molar-refractivity contribution in [3.63, 3.8) is 0 Å². The predicted octanol–water partition coefficient (Wildman–Crippen LogP) is 2.00. The first-order valence-electron chi connectivity index (χ1n) is 5.90. The zero-order valence-corrected chi connectivity index (χ0v) is 9.56. The Morgan fingerprint density at radius 1 is 1.06 bits per heavy atom. The van der Waals surface area contributed by atoms with Gasteiger partial charge in [-0.3, -0.25) is 0 Å². The van der Waals surface area contributed by atoms with Crippen LogP contribution in [0.4, 0.5) is 5.95 Å². The largest absolute Gasteiger partial charge is 0.366 e. The first kappa shape index (κ1) is 10.2. The Morgan fingerprint density at radius 2 is 1.88 bits per heavy atom. The highest BCUT2D eigenvalue weighted by atomic mass is 15.2. The number of nitrogen functional groups attached to an aromatic ring is 1. The number of nitrogens with two attached hydrogens (primary N) is 1. The van der Waals surface area contributed by atoms with Crippen LogP contribution in [-0.4, -0.2) is 15.2 Å². The number of anilines is 1. The zero-order chi connectivity index (χ0) is 11.7. The predicted molar refractivity (Wildman–Crippen MR) is 66.3 cm³/mol. The molecule has 0 bridgehead atoms. The molecular weight excluding hydrogens is 212 g/mol. The molecule has 0 amide bonds. The van der Waals surface area contributed by atoms with Crippen LogP contribution >= 0.6 is 0 Å². The highest BCUT2D eigenvalue weighted by Crippen LogP contribution is 2.26. The van der Waals surface area contributed by atoms with E-state index < -0.39 is 0 Å². The molecule has 0 spiro atoms. The van der Waals surface area contributed by atoms with Crippen molar-refractivity contribution in [1.82, 2.24) is 15.2 Å². The third-order valence-electron chi connectivity index (χ3n) is 3.22. The number of fused-ring (bicyclic) bond motifs is 1. The number of rotatable bonds is 1. The number of aryl methyl sites for hydroxylation is 2. The lowest BCUT2D eigenvalue weighted by molar-refractivity contribution is 0.686. The normalized spacial score (nSPS) is 14.4. The number of benzene rings is 1. The second kappa shape index (κ2) is 4.13. The summed E-state index contributed by atoms with van der Waals surface area (Å²) in [5, 5.41) is 7.50. The van der Waals surface area contributed by atoms with Crippen LogP contribution < -0.4 is 5.73 Å². The molecule has 17 heavy (non-hydrogen) atoms. The zero-order valence-electron chi connectivity index (χ0n) is 9.56. The molecule has 1 aromatic carbocycles. The van der Waals surface area contributed by atoms with Crippen molar-refractivity contribution in [1.29, 1.82) is 0 Å². The van der Waals surface area contributed by atoms with Crippen LogP contribution in [0.3, 0.4) is 0 Å². The summed E-state index contributed by atoms with van der Waals surface area (Å²) in [4.78, 5) is 4.20. The molecular formula is C13H14N4. The van der Waals surface area contributed by atoms with Crippen LogP contribution in [0.2, 0.25) is 0 Å². The third kappa shape index (κ3) is 1.98. The summed E-state index contributed by atoms with van der Waals surface area (Å²) in [6, 6.07) is 6.49.